The summed E-state index contributed by atoms with van der Waals surface area (Å²) in [7, 11) is 0. The molecule has 0 saturated carbocycles. The molecule has 0 bridgehead atoms. The van der Waals surface area contributed by atoms with Crippen molar-refractivity contribution < 1.29 is 13.2 Å². The van der Waals surface area contributed by atoms with E-state index in [0.717, 1.165) is 11.1 Å². The van der Waals surface area contributed by atoms with Gasteiger partial charge in [0.15, 0.2) is 0 Å². The van der Waals surface area contributed by atoms with Crippen LogP contribution in [0, 0.1) is 0 Å². The molecule has 0 fully saturated rings. The van der Waals surface area contributed by atoms with Crippen molar-refractivity contribution in [3.05, 3.63) is 65.7 Å². The van der Waals surface area contributed by atoms with Crippen molar-refractivity contribution in [2.75, 3.05) is 0 Å². The Morgan fingerprint density at radius 2 is 1.71 bits per heavy atom. The fraction of sp³-hybridized carbons (Fsp3) is 0.222. The molecule has 0 unspecified atom stereocenters. The van der Waals surface area contributed by atoms with Crippen LogP contribution >= 0.6 is 0 Å². The Bertz CT molecular complexity index is 652. The fourth-order valence-electron chi connectivity index (χ4n) is 2.41. The molecule has 0 nitrogen and oxygen atoms in total. The molecule has 0 N–H and O–H groups in total. The summed E-state index contributed by atoms with van der Waals surface area (Å²) in [5, 5.41) is 0. The van der Waals surface area contributed by atoms with Crippen LogP contribution in [0.1, 0.15) is 36.5 Å². The van der Waals surface area contributed by atoms with Gasteiger partial charge < -0.3 is 0 Å². The van der Waals surface area contributed by atoms with Gasteiger partial charge in [-0.1, -0.05) is 62.9 Å². The van der Waals surface area contributed by atoms with Gasteiger partial charge in [0.2, 0.25) is 0 Å². The Morgan fingerprint density at radius 3 is 2.29 bits per heavy atom. The molecule has 2 aromatic carbocycles. The third-order valence-electron chi connectivity index (χ3n) is 3.47. The molecule has 0 aliphatic heterocycles. The van der Waals surface area contributed by atoms with Crippen LogP contribution in [0.25, 0.3) is 17.2 Å². The number of hydrogen-bond donors (Lipinski definition) is 0. The van der Waals surface area contributed by atoms with Gasteiger partial charge in [-0.05, 0) is 34.2 Å². The molecule has 110 valence electrons. The van der Waals surface area contributed by atoms with Crippen LogP contribution in [0.3, 0.4) is 0 Å². The van der Waals surface area contributed by atoms with Crippen molar-refractivity contribution in [1.29, 1.82) is 0 Å². The molecule has 0 radical (unpaired) electrons. The van der Waals surface area contributed by atoms with Gasteiger partial charge in [-0.3, -0.25) is 0 Å². The van der Waals surface area contributed by atoms with E-state index in [1.165, 1.54) is 18.2 Å². The predicted octanol–water partition coefficient (Wildman–Crippen LogP) is 6.14. The number of rotatable bonds is 3. The second kappa shape index (κ2) is 5.76. The molecule has 0 saturated heterocycles. The fourth-order valence-corrected chi connectivity index (χ4v) is 2.41. The zero-order valence-corrected chi connectivity index (χ0v) is 12.0. The minimum absolute atomic E-state index is 0.105. The number of alkyl halides is 3. The van der Waals surface area contributed by atoms with Gasteiger partial charge in [-0.15, -0.1) is 0 Å². The lowest BCUT2D eigenvalue weighted by molar-refractivity contribution is -0.137. The second-order valence-corrected chi connectivity index (χ2v) is 5.25. The van der Waals surface area contributed by atoms with Crippen molar-refractivity contribution in [3.8, 4) is 11.1 Å². The maximum atomic E-state index is 13.1. The minimum atomic E-state index is -4.38. The zero-order valence-electron chi connectivity index (χ0n) is 12.0. The van der Waals surface area contributed by atoms with E-state index in [4.69, 9.17) is 0 Å². The molecule has 2 aromatic rings. The summed E-state index contributed by atoms with van der Waals surface area (Å²) in [6.07, 6.45) is -3.15. The molecule has 0 aliphatic carbocycles. The lowest BCUT2D eigenvalue weighted by atomic mass is 9.91. The lowest BCUT2D eigenvalue weighted by Gasteiger charge is -2.16. The van der Waals surface area contributed by atoms with Gasteiger partial charge in [0.1, 0.15) is 0 Å². The largest absolute Gasteiger partial charge is 0.417 e. The van der Waals surface area contributed by atoms with E-state index in [-0.39, 0.29) is 11.5 Å². The van der Waals surface area contributed by atoms with Crippen molar-refractivity contribution >= 4 is 6.08 Å². The van der Waals surface area contributed by atoms with Crippen LogP contribution in [0.15, 0.2) is 49.0 Å². The molecule has 3 heteroatoms. The predicted molar refractivity (Wildman–Crippen MR) is 81.1 cm³/mol. The highest BCUT2D eigenvalue weighted by Crippen LogP contribution is 2.37. The van der Waals surface area contributed by atoms with Gasteiger partial charge in [0.05, 0.1) is 5.56 Å². The summed E-state index contributed by atoms with van der Waals surface area (Å²) in [5.74, 6) is 0.245. The molecule has 0 amide bonds. The van der Waals surface area contributed by atoms with E-state index in [1.807, 2.05) is 38.1 Å². The first-order valence-corrected chi connectivity index (χ1v) is 6.77. The first kappa shape index (κ1) is 15.4. The van der Waals surface area contributed by atoms with Gasteiger partial charge in [-0.25, -0.2) is 0 Å². The van der Waals surface area contributed by atoms with E-state index in [9.17, 15) is 13.2 Å². The Morgan fingerprint density at radius 1 is 1.05 bits per heavy atom. The number of benzene rings is 2. The van der Waals surface area contributed by atoms with E-state index in [1.54, 1.807) is 6.07 Å². The number of halogens is 3. The van der Waals surface area contributed by atoms with E-state index < -0.39 is 11.7 Å². The van der Waals surface area contributed by atoms with Crippen molar-refractivity contribution in [2.45, 2.75) is 25.9 Å². The minimum Gasteiger partial charge on any atom is -0.166 e. The maximum absolute atomic E-state index is 13.1. The van der Waals surface area contributed by atoms with Crippen LogP contribution in [0.4, 0.5) is 13.2 Å². The van der Waals surface area contributed by atoms with Crippen LogP contribution in [-0.2, 0) is 6.18 Å². The molecule has 0 spiro atoms. The highest BCUT2D eigenvalue weighted by atomic mass is 19.4. The highest BCUT2D eigenvalue weighted by Gasteiger charge is 2.33. The third kappa shape index (κ3) is 3.18. The van der Waals surface area contributed by atoms with Crippen LogP contribution in [0.2, 0.25) is 0 Å². The smallest absolute Gasteiger partial charge is 0.166 e. The summed E-state index contributed by atoms with van der Waals surface area (Å²) >= 11 is 0. The molecular formula is C18H17F3. The SMILES string of the molecule is C=Cc1ccc(-c2ccccc2C(C)C)cc1C(F)(F)F. The van der Waals surface area contributed by atoms with Gasteiger partial charge in [0.25, 0.3) is 0 Å². The van der Waals surface area contributed by atoms with Gasteiger partial charge >= 0.3 is 6.18 Å². The summed E-state index contributed by atoms with van der Waals surface area (Å²) < 4.78 is 39.4. The molecule has 0 heterocycles. The highest BCUT2D eigenvalue weighted by molar-refractivity contribution is 5.71. The van der Waals surface area contributed by atoms with E-state index >= 15 is 0 Å². The van der Waals surface area contributed by atoms with Gasteiger partial charge in [0, 0.05) is 0 Å². The third-order valence-corrected chi connectivity index (χ3v) is 3.47. The Balaban J connectivity index is 2.64. The molecule has 0 aliphatic rings. The topological polar surface area (TPSA) is 0 Å². The van der Waals surface area contributed by atoms with Crippen molar-refractivity contribution in [2.24, 2.45) is 0 Å². The summed E-state index contributed by atoms with van der Waals surface area (Å²) in [6.45, 7) is 7.51. The number of hydrogen-bond acceptors (Lipinski definition) is 0. The monoisotopic (exact) mass is 290 g/mol. The molecule has 21 heavy (non-hydrogen) atoms. The van der Waals surface area contributed by atoms with Crippen molar-refractivity contribution in [3.63, 3.8) is 0 Å². The standard InChI is InChI=1S/C18H17F3/c1-4-13-9-10-14(11-17(13)18(19,20)21)16-8-6-5-7-15(16)12(2)3/h4-12H,1H2,2-3H3. The summed E-state index contributed by atoms with van der Waals surface area (Å²) in [4.78, 5) is 0. The quantitative estimate of drug-likeness (QED) is 0.637. The maximum Gasteiger partial charge on any atom is 0.417 e. The van der Waals surface area contributed by atoms with Crippen LogP contribution in [-0.4, -0.2) is 0 Å². The first-order chi connectivity index (χ1) is 9.84. The average Bonchev–Trinajstić information content (AvgIpc) is 2.45. The van der Waals surface area contributed by atoms with E-state index in [2.05, 4.69) is 6.58 Å². The average molecular weight is 290 g/mol. The first-order valence-electron chi connectivity index (χ1n) is 6.77. The Hall–Kier alpha value is -2.03. The molecule has 2 rings (SSSR count). The van der Waals surface area contributed by atoms with E-state index in [0.29, 0.717) is 5.56 Å². The summed E-state index contributed by atoms with van der Waals surface area (Å²) in [6, 6.07) is 12.0. The summed E-state index contributed by atoms with van der Waals surface area (Å²) in [5.41, 5.74) is 1.92. The Kier molecular flexibility index (Phi) is 4.21. The molecular weight excluding hydrogens is 273 g/mol. The molecule has 0 aromatic heterocycles. The zero-order chi connectivity index (χ0) is 15.6. The molecule has 0 atom stereocenters. The Labute approximate surface area is 122 Å². The lowest BCUT2D eigenvalue weighted by Crippen LogP contribution is -2.07. The van der Waals surface area contributed by atoms with Crippen LogP contribution in [0.5, 0.6) is 0 Å². The normalized spacial score (nSPS) is 11.7. The van der Waals surface area contributed by atoms with Gasteiger partial charge in [-0.2, -0.15) is 13.2 Å². The van der Waals surface area contributed by atoms with Crippen LogP contribution < -0.4 is 0 Å². The van der Waals surface area contributed by atoms with Crippen molar-refractivity contribution in [1.82, 2.24) is 0 Å². The second-order valence-electron chi connectivity index (χ2n) is 5.25.